The van der Waals surface area contributed by atoms with Crippen molar-refractivity contribution in [2.45, 2.75) is 199 Å². The van der Waals surface area contributed by atoms with Crippen LogP contribution in [0.3, 0.4) is 0 Å². The zero-order valence-corrected chi connectivity index (χ0v) is 30.8. The van der Waals surface area contributed by atoms with Gasteiger partial charge in [-0.3, -0.25) is 9.35 Å². The fraction of sp³-hybridized carbons (Fsp3) is 0.821. The molecule has 0 bridgehead atoms. The summed E-state index contributed by atoms with van der Waals surface area (Å²) in [5.41, 5.74) is 0. The maximum Gasteiger partial charge on any atom is 0.267 e. The molecule has 46 heavy (non-hydrogen) atoms. The number of carbonyl (C=O) groups is 1. The first-order chi connectivity index (χ1) is 22.3. The monoisotopic (exact) mass is 668 g/mol. The zero-order valence-electron chi connectivity index (χ0n) is 29.9. The van der Waals surface area contributed by atoms with E-state index in [2.05, 4.69) is 43.5 Å². The Labute approximate surface area is 285 Å². The standard InChI is InChI=1S/C39H73NO5S/c1-3-5-7-9-11-13-15-17-18-19-20-21-22-23-25-27-29-31-33-35-39(42)40-37(36-46(43,44)45)38(41)34-32-30-28-26-24-16-14-12-10-8-6-4-2/h17-18,24,26,32,34,37-38,41H,3-16,19-23,25,27-31,33,35-36H2,1-2H3,(H,40,42)(H,43,44,45)/b18-17-,26-24+,34-32+. The minimum atomic E-state index is -4.35. The first kappa shape index (κ1) is 44.6. The topological polar surface area (TPSA) is 104 Å². The molecule has 0 rings (SSSR count). The highest BCUT2D eigenvalue weighted by Crippen LogP contribution is 2.13. The predicted molar refractivity (Wildman–Crippen MR) is 198 cm³/mol. The van der Waals surface area contributed by atoms with Gasteiger partial charge < -0.3 is 10.4 Å². The highest BCUT2D eigenvalue weighted by atomic mass is 32.2. The van der Waals surface area contributed by atoms with E-state index in [0.717, 1.165) is 32.1 Å². The number of nitrogens with one attached hydrogen (secondary N) is 1. The van der Waals surface area contributed by atoms with Crippen LogP contribution in [0.5, 0.6) is 0 Å². The number of carbonyl (C=O) groups excluding carboxylic acids is 1. The van der Waals surface area contributed by atoms with Gasteiger partial charge in [-0.2, -0.15) is 8.42 Å². The van der Waals surface area contributed by atoms with Crippen LogP contribution in [-0.2, 0) is 14.9 Å². The SMILES string of the molecule is CCCCCCCC/C=C\CCCCCCCCCCCC(=O)NC(CS(=O)(=O)O)C(O)/C=C/CC/C=C/CCCCCCCC. The number of aliphatic hydroxyl groups excluding tert-OH is 1. The second-order valence-corrected chi connectivity index (χ2v) is 14.7. The van der Waals surface area contributed by atoms with Gasteiger partial charge in [0.2, 0.25) is 5.91 Å². The third kappa shape index (κ3) is 33.9. The molecule has 0 aliphatic rings. The van der Waals surface area contributed by atoms with Gasteiger partial charge in [0.1, 0.15) is 0 Å². The summed E-state index contributed by atoms with van der Waals surface area (Å²) < 4.78 is 32.3. The lowest BCUT2D eigenvalue weighted by Crippen LogP contribution is -2.46. The van der Waals surface area contributed by atoms with Gasteiger partial charge in [0.25, 0.3) is 10.1 Å². The van der Waals surface area contributed by atoms with Crippen molar-refractivity contribution in [1.29, 1.82) is 0 Å². The van der Waals surface area contributed by atoms with Crippen LogP contribution in [0.4, 0.5) is 0 Å². The molecule has 2 atom stereocenters. The Morgan fingerprint density at radius 1 is 0.565 bits per heavy atom. The van der Waals surface area contributed by atoms with Crippen LogP contribution in [0.1, 0.15) is 187 Å². The molecule has 0 fully saturated rings. The summed E-state index contributed by atoms with van der Waals surface area (Å²) in [5, 5.41) is 13.1. The minimum Gasteiger partial charge on any atom is -0.387 e. The van der Waals surface area contributed by atoms with Crippen molar-refractivity contribution in [2.75, 3.05) is 5.75 Å². The fourth-order valence-electron chi connectivity index (χ4n) is 5.64. The first-order valence-corrected chi connectivity index (χ1v) is 20.8. The molecule has 0 saturated heterocycles. The Hall–Kier alpha value is -1.44. The average Bonchev–Trinajstić information content (AvgIpc) is 3.01. The Balaban J connectivity index is 3.95. The van der Waals surface area contributed by atoms with Crippen LogP contribution in [0.15, 0.2) is 36.5 Å². The van der Waals surface area contributed by atoms with Crippen molar-refractivity contribution in [2.24, 2.45) is 0 Å². The molecule has 270 valence electrons. The Kier molecular flexibility index (Phi) is 32.4. The minimum absolute atomic E-state index is 0.286. The molecule has 0 aliphatic heterocycles. The van der Waals surface area contributed by atoms with E-state index in [1.54, 1.807) is 6.08 Å². The molecule has 0 spiro atoms. The lowest BCUT2D eigenvalue weighted by atomic mass is 10.0. The van der Waals surface area contributed by atoms with Crippen LogP contribution in [0, 0.1) is 0 Å². The highest BCUT2D eigenvalue weighted by Gasteiger charge is 2.24. The summed E-state index contributed by atoms with van der Waals surface area (Å²) in [6.07, 6.45) is 42.7. The lowest BCUT2D eigenvalue weighted by Gasteiger charge is -2.21. The van der Waals surface area contributed by atoms with Gasteiger partial charge in [0.05, 0.1) is 17.9 Å². The molecular formula is C39H73NO5S. The van der Waals surface area contributed by atoms with E-state index in [0.29, 0.717) is 6.42 Å². The van der Waals surface area contributed by atoms with E-state index in [9.17, 15) is 22.9 Å². The second-order valence-electron chi connectivity index (χ2n) is 13.2. The van der Waals surface area contributed by atoms with E-state index in [1.165, 1.54) is 134 Å². The summed E-state index contributed by atoms with van der Waals surface area (Å²) in [6, 6.07) is -1.07. The smallest absolute Gasteiger partial charge is 0.267 e. The van der Waals surface area contributed by atoms with E-state index in [-0.39, 0.29) is 12.3 Å². The van der Waals surface area contributed by atoms with Gasteiger partial charge in [-0.25, -0.2) is 0 Å². The number of aliphatic hydroxyl groups is 1. The molecule has 0 aromatic carbocycles. The van der Waals surface area contributed by atoms with Crippen molar-refractivity contribution < 1.29 is 22.9 Å². The molecule has 0 aromatic heterocycles. The number of hydrogen-bond acceptors (Lipinski definition) is 4. The van der Waals surface area contributed by atoms with Crippen molar-refractivity contribution in [3.05, 3.63) is 36.5 Å². The molecule has 0 heterocycles. The molecule has 1 amide bonds. The van der Waals surface area contributed by atoms with E-state index < -0.39 is 28.0 Å². The molecule has 0 aromatic rings. The van der Waals surface area contributed by atoms with Crippen LogP contribution in [-0.4, -0.2) is 41.9 Å². The average molecular weight is 668 g/mol. The van der Waals surface area contributed by atoms with E-state index in [1.807, 2.05) is 0 Å². The highest BCUT2D eigenvalue weighted by molar-refractivity contribution is 7.85. The van der Waals surface area contributed by atoms with Crippen LogP contribution < -0.4 is 5.32 Å². The van der Waals surface area contributed by atoms with Gasteiger partial charge in [0.15, 0.2) is 0 Å². The third-order valence-electron chi connectivity index (χ3n) is 8.54. The fourth-order valence-corrected chi connectivity index (χ4v) is 6.37. The molecule has 2 unspecified atom stereocenters. The molecule has 0 aliphatic carbocycles. The predicted octanol–water partition coefficient (Wildman–Crippen LogP) is 11.0. The van der Waals surface area contributed by atoms with Crippen molar-refractivity contribution in [3.63, 3.8) is 0 Å². The molecular weight excluding hydrogens is 594 g/mol. The zero-order chi connectivity index (χ0) is 34.0. The molecule has 7 heteroatoms. The first-order valence-electron chi connectivity index (χ1n) is 19.2. The molecule has 3 N–H and O–H groups in total. The Morgan fingerprint density at radius 3 is 1.37 bits per heavy atom. The third-order valence-corrected chi connectivity index (χ3v) is 9.32. The van der Waals surface area contributed by atoms with E-state index in [4.69, 9.17) is 0 Å². The Morgan fingerprint density at radius 2 is 0.935 bits per heavy atom. The molecule has 0 saturated carbocycles. The Bertz CT molecular complexity index is 868. The van der Waals surface area contributed by atoms with Crippen LogP contribution in [0.2, 0.25) is 0 Å². The van der Waals surface area contributed by atoms with Gasteiger partial charge >= 0.3 is 0 Å². The van der Waals surface area contributed by atoms with Gasteiger partial charge in [-0.05, 0) is 57.8 Å². The summed E-state index contributed by atoms with van der Waals surface area (Å²) in [6.45, 7) is 4.49. The summed E-state index contributed by atoms with van der Waals surface area (Å²) in [7, 11) is -4.35. The van der Waals surface area contributed by atoms with Gasteiger partial charge in [-0.15, -0.1) is 0 Å². The number of amides is 1. The largest absolute Gasteiger partial charge is 0.387 e. The van der Waals surface area contributed by atoms with Crippen LogP contribution >= 0.6 is 0 Å². The summed E-state index contributed by atoms with van der Waals surface area (Å²) in [5.74, 6) is -1.00. The molecule has 0 radical (unpaired) electrons. The lowest BCUT2D eigenvalue weighted by molar-refractivity contribution is -0.122. The van der Waals surface area contributed by atoms with Crippen molar-refractivity contribution in [3.8, 4) is 0 Å². The second kappa shape index (κ2) is 33.5. The van der Waals surface area contributed by atoms with Crippen LogP contribution in [0.25, 0.3) is 0 Å². The normalized spacial score (nSPS) is 13.7. The number of rotatable bonds is 34. The van der Waals surface area contributed by atoms with Crippen molar-refractivity contribution >= 4 is 16.0 Å². The van der Waals surface area contributed by atoms with Gasteiger partial charge in [-0.1, -0.05) is 159 Å². The number of unbranched alkanes of at least 4 members (excludes halogenated alkanes) is 22. The van der Waals surface area contributed by atoms with E-state index >= 15 is 0 Å². The van der Waals surface area contributed by atoms with Crippen molar-refractivity contribution in [1.82, 2.24) is 5.32 Å². The van der Waals surface area contributed by atoms with Gasteiger partial charge in [0, 0.05) is 6.42 Å². The summed E-state index contributed by atoms with van der Waals surface area (Å²) in [4.78, 5) is 12.5. The quantitative estimate of drug-likeness (QED) is 0.0360. The maximum atomic E-state index is 12.5. The summed E-state index contributed by atoms with van der Waals surface area (Å²) >= 11 is 0. The maximum absolute atomic E-state index is 12.5. The number of hydrogen-bond donors (Lipinski definition) is 3. The number of allylic oxidation sites excluding steroid dienone is 5. The molecule has 6 nitrogen and oxygen atoms in total.